The zero-order valence-electron chi connectivity index (χ0n) is 16.0. The first kappa shape index (κ1) is 19.6. The van der Waals surface area contributed by atoms with Gasteiger partial charge in [0.1, 0.15) is 0 Å². The van der Waals surface area contributed by atoms with Gasteiger partial charge in [0.2, 0.25) is 5.91 Å². The number of carbonyl (C=O) groups excluding carboxylic acids is 1. The van der Waals surface area contributed by atoms with Gasteiger partial charge in [0.25, 0.3) is 0 Å². The zero-order valence-corrected chi connectivity index (χ0v) is 16.0. The number of amides is 1. The topological polar surface area (TPSA) is 60.8 Å². The Bertz CT molecular complexity index is 744. The van der Waals surface area contributed by atoms with Gasteiger partial charge in [-0.2, -0.15) is 0 Å². The van der Waals surface area contributed by atoms with Crippen LogP contribution in [0.3, 0.4) is 0 Å². The first-order valence-corrected chi connectivity index (χ1v) is 9.75. The highest BCUT2D eigenvalue weighted by Gasteiger charge is 2.41. The Morgan fingerprint density at radius 2 is 1.78 bits per heavy atom. The van der Waals surface area contributed by atoms with Crippen LogP contribution in [0.1, 0.15) is 55.3 Å². The van der Waals surface area contributed by atoms with Crippen LogP contribution in [0.2, 0.25) is 0 Å². The van der Waals surface area contributed by atoms with Crippen molar-refractivity contribution in [1.29, 1.82) is 0 Å². The van der Waals surface area contributed by atoms with Crippen LogP contribution in [0.4, 0.5) is 0 Å². The van der Waals surface area contributed by atoms with Crippen molar-refractivity contribution in [3.63, 3.8) is 0 Å². The van der Waals surface area contributed by atoms with E-state index in [1.54, 1.807) is 0 Å². The number of piperidine rings is 1. The highest BCUT2D eigenvalue weighted by Crippen LogP contribution is 2.41. The van der Waals surface area contributed by atoms with Crippen LogP contribution in [0.15, 0.2) is 54.6 Å². The molecule has 4 heteroatoms. The fourth-order valence-electron chi connectivity index (χ4n) is 4.24. The van der Waals surface area contributed by atoms with Crippen LogP contribution >= 0.6 is 0 Å². The van der Waals surface area contributed by atoms with Crippen molar-refractivity contribution < 1.29 is 15.0 Å². The summed E-state index contributed by atoms with van der Waals surface area (Å²) in [6, 6.07) is 18.1. The molecule has 2 aromatic rings. The zero-order chi connectivity index (χ0) is 19.3. The molecule has 27 heavy (non-hydrogen) atoms. The van der Waals surface area contributed by atoms with Crippen LogP contribution < -0.4 is 0 Å². The second-order valence-electron chi connectivity index (χ2n) is 7.56. The van der Waals surface area contributed by atoms with Gasteiger partial charge in [0.05, 0.1) is 12.6 Å². The predicted molar refractivity (Wildman–Crippen MR) is 106 cm³/mol. The molecule has 2 aromatic carbocycles. The molecule has 2 N–H and O–H groups in total. The van der Waals surface area contributed by atoms with Crippen molar-refractivity contribution in [3.8, 4) is 0 Å². The van der Waals surface area contributed by atoms with E-state index in [2.05, 4.69) is 19.1 Å². The van der Waals surface area contributed by atoms with E-state index in [0.717, 1.165) is 24.0 Å². The van der Waals surface area contributed by atoms with Gasteiger partial charge in [0, 0.05) is 25.0 Å². The average Bonchev–Trinajstić information content (AvgIpc) is 2.72. The number of aliphatic hydroxyl groups is 2. The van der Waals surface area contributed by atoms with Gasteiger partial charge in [-0.1, -0.05) is 54.6 Å². The van der Waals surface area contributed by atoms with Crippen molar-refractivity contribution in [2.75, 3.05) is 13.2 Å². The number of hydrogen-bond donors (Lipinski definition) is 2. The van der Waals surface area contributed by atoms with E-state index in [-0.39, 0.29) is 30.6 Å². The Balaban J connectivity index is 1.78. The molecule has 3 rings (SSSR count). The minimum absolute atomic E-state index is 0.0110. The average molecular weight is 367 g/mol. The SMILES string of the molecule is C[C@@H](c1ccc(CO)cc1)N1CC[C@](CCCO)(c2ccccc2)CC1=O. The molecule has 0 bridgehead atoms. The van der Waals surface area contributed by atoms with E-state index in [1.807, 2.05) is 47.4 Å². The van der Waals surface area contributed by atoms with E-state index in [4.69, 9.17) is 0 Å². The smallest absolute Gasteiger partial charge is 0.223 e. The largest absolute Gasteiger partial charge is 0.396 e. The lowest BCUT2D eigenvalue weighted by Crippen LogP contribution is -2.47. The summed E-state index contributed by atoms with van der Waals surface area (Å²) in [4.78, 5) is 15.1. The fourth-order valence-corrected chi connectivity index (χ4v) is 4.24. The molecule has 1 fully saturated rings. The number of hydrogen-bond acceptors (Lipinski definition) is 3. The molecule has 0 saturated carbocycles. The fraction of sp³-hybridized carbons (Fsp3) is 0.435. The number of aliphatic hydroxyl groups excluding tert-OH is 2. The molecular formula is C23H29NO3. The molecule has 0 unspecified atom stereocenters. The maximum Gasteiger partial charge on any atom is 0.223 e. The molecule has 1 heterocycles. The summed E-state index contributed by atoms with van der Waals surface area (Å²) in [7, 11) is 0. The summed E-state index contributed by atoms with van der Waals surface area (Å²) < 4.78 is 0. The lowest BCUT2D eigenvalue weighted by atomic mass is 9.69. The molecule has 1 aliphatic heterocycles. The Kier molecular flexibility index (Phi) is 6.30. The standard InChI is InChI=1S/C23H29NO3/c1-18(20-10-8-19(17-26)9-11-20)24-14-13-23(12-5-15-25,16-22(24)27)21-6-3-2-4-7-21/h2-4,6-11,18,25-26H,5,12-17H2,1H3/t18-,23-/m0/s1. The van der Waals surface area contributed by atoms with Crippen molar-refractivity contribution >= 4 is 5.91 Å². The number of benzene rings is 2. The van der Waals surface area contributed by atoms with Gasteiger partial charge in [-0.15, -0.1) is 0 Å². The number of nitrogens with zero attached hydrogens (tertiary/aromatic N) is 1. The molecule has 0 aliphatic carbocycles. The third-order valence-electron chi connectivity index (χ3n) is 5.95. The Morgan fingerprint density at radius 1 is 1.07 bits per heavy atom. The maximum absolute atomic E-state index is 13.1. The van der Waals surface area contributed by atoms with E-state index in [1.165, 1.54) is 5.56 Å². The number of likely N-dealkylation sites (tertiary alicyclic amines) is 1. The lowest BCUT2D eigenvalue weighted by molar-refractivity contribution is -0.138. The normalized spacial score (nSPS) is 21.3. The molecule has 1 aliphatic rings. The monoisotopic (exact) mass is 367 g/mol. The molecule has 1 saturated heterocycles. The van der Waals surface area contributed by atoms with Crippen LogP contribution in [-0.4, -0.2) is 34.2 Å². The highest BCUT2D eigenvalue weighted by atomic mass is 16.3. The molecule has 0 spiro atoms. The van der Waals surface area contributed by atoms with Gasteiger partial charge < -0.3 is 15.1 Å². The Hall–Kier alpha value is -2.17. The molecule has 0 radical (unpaired) electrons. The van der Waals surface area contributed by atoms with E-state index in [9.17, 15) is 15.0 Å². The second kappa shape index (κ2) is 8.68. The minimum atomic E-state index is -0.183. The van der Waals surface area contributed by atoms with E-state index < -0.39 is 0 Å². The van der Waals surface area contributed by atoms with Crippen molar-refractivity contribution in [1.82, 2.24) is 4.90 Å². The van der Waals surface area contributed by atoms with E-state index >= 15 is 0 Å². The first-order chi connectivity index (χ1) is 13.1. The highest BCUT2D eigenvalue weighted by molar-refractivity contribution is 5.79. The van der Waals surface area contributed by atoms with Gasteiger partial charge >= 0.3 is 0 Å². The summed E-state index contributed by atoms with van der Waals surface area (Å²) >= 11 is 0. The quantitative estimate of drug-likeness (QED) is 0.786. The number of carbonyl (C=O) groups is 1. The molecular weight excluding hydrogens is 338 g/mol. The van der Waals surface area contributed by atoms with Crippen LogP contribution in [0.25, 0.3) is 0 Å². The first-order valence-electron chi connectivity index (χ1n) is 9.75. The maximum atomic E-state index is 13.1. The van der Waals surface area contributed by atoms with E-state index in [0.29, 0.717) is 19.4 Å². The molecule has 4 nitrogen and oxygen atoms in total. The Morgan fingerprint density at radius 3 is 2.37 bits per heavy atom. The molecule has 2 atom stereocenters. The molecule has 0 aromatic heterocycles. The van der Waals surface area contributed by atoms with Gasteiger partial charge in [0.15, 0.2) is 0 Å². The predicted octanol–water partition coefficient (Wildman–Crippen LogP) is 3.57. The van der Waals surface area contributed by atoms with Crippen molar-refractivity contribution in [2.45, 2.75) is 50.7 Å². The Labute approximate surface area is 161 Å². The minimum Gasteiger partial charge on any atom is -0.396 e. The lowest BCUT2D eigenvalue weighted by Gasteiger charge is -2.44. The van der Waals surface area contributed by atoms with Gasteiger partial charge in [-0.25, -0.2) is 0 Å². The number of rotatable bonds is 7. The van der Waals surface area contributed by atoms with Crippen LogP contribution in [-0.2, 0) is 16.8 Å². The summed E-state index contributed by atoms with van der Waals surface area (Å²) in [5.41, 5.74) is 2.98. The second-order valence-corrected chi connectivity index (χ2v) is 7.56. The van der Waals surface area contributed by atoms with Crippen LogP contribution in [0.5, 0.6) is 0 Å². The van der Waals surface area contributed by atoms with Gasteiger partial charge in [-0.3, -0.25) is 4.79 Å². The summed E-state index contributed by atoms with van der Waals surface area (Å²) in [6.45, 7) is 2.96. The van der Waals surface area contributed by atoms with Crippen LogP contribution in [0, 0.1) is 0 Å². The third-order valence-corrected chi connectivity index (χ3v) is 5.95. The summed E-state index contributed by atoms with van der Waals surface area (Å²) in [6.07, 6.45) is 2.92. The summed E-state index contributed by atoms with van der Waals surface area (Å²) in [5.74, 6) is 0.168. The third kappa shape index (κ3) is 4.23. The van der Waals surface area contributed by atoms with Crippen molar-refractivity contribution in [2.24, 2.45) is 0 Å². The molecule has 1 amide bonds. The molecule has 144 valence electrons. The van der Waals surface area contributed by atoms with Crippen molar-refractivity contribution in [3.05, 3.63) is 71.3 Å². The van der Waals surface area contributed by atoms with Gasteiger partial charge in [-0.05, 0) is 42.9 Å². The summed E-state index contributed by atoms with van der Waals surface area (Å²) in [5, 5.41) is 18.6.